The van der Waals surface area contributed by atoms with E-state index in [2.05, 4.69) is 0 Å². The van der Waals surface area contributed by atoms with Crippen molar-refractivity contribution in [2.24, 2.45) is 0 Å². The summed E-state index contributed by atoms with van der Waals surface area (Å²) >= 11 is 5.79. The number of nitrogen functional groups attached to an aromatic ring is 1. The molecule has 5 heteroatoms. The molecule has 0 saturated carbocycles. The molecule has 0 unspecified atom stereocenters. The maximum Gasteiger partial charge on any atom is 0.416 e. The lowest BCUT2D eigenvalue weighted by atomic mass is 10.0. The maximum atomic E-state index is 12.4. The Hall–Kier alpha value is -1.68. The zero-order chi connectivity index (χ0) is 14.0. The molecule has 2 N–H and O–H groups in total. The fourth-order valence-electron chi connectivity index (χ4n) is 1.76. The second kappa shape index (κ2) is 5.13. The Bertz CT molecular complexity index is 576. The molecule has 100 valence electrons. The lowest BCUT2D eigenvalue weighted by molar-refractivity contribution is -0.137. The Labute approximate surface area is 113 Å². The van der Waals surface area contributed by atoms with Crippen LogP contribution in [0.25, 0.3) is 0 Å². The third kappa shape index (κ3) is 3.41. The molecule has 0 amide bonds. The fraction of sp³-hybridized carbons (Fsp3) is 0.143. The minimum atomic E-state index is -4.31. The van der Waals surface area contributed by atoms with E-state index in [4.69, 9.17) is 17.3 Å². The lowest BCUT2D eigenvalue weighted by Crippen LogP contribution is -2.04. The molecule has 0 aliphatic heterocycles. The molecular formula is C14H11ClF3N. The number of hydrogen-bond donors (Lipinski definition) is 1. The molecule has 1 nitrogen and oxygen atoms in total. The van der Waals surface area contributed by atoms with Gasteiger partial charge in [0.25, 0.3) is 0 Å². The summed E-state index contributed by atoms with van der Waals surface area (Å²) in [4.78, 5) is 0. The van der Waals surface area contributed by atoms with Gasteiger partial charge in [-0.1, -0.05) is 29.8 Å². The van der Waals surface area contributed by atoms with Crippen LogP contribution in [0.4, 0.5) is 18.9 Å². The molecule has 0 heterocycles. The van der Waals surface area contributed by atoms with Gasteiger partial charge < -0.3 is 5.73 Å². The number of benzene rings is 2. The molecule has 2 aromatic carbocycles. The van der Waals surface area contributed by atoms with Crippen molar-refractivity contribution in [2.75, 3.05) is 5.73 Å². The van der Waals surface area contributed by atoms with E-state index >= 15 is 0 Å². The van der Waals surface area contributed by atoms with E-state index in [1.165, 1.54) is 12.1 Å². The summed E-state index contributed by atoms with van der Waals surface area (Å²) in [6.07, 6.45) is -3.83. The largest absolute Gasteiger partial charge is 0.416 e. The van der Waals surface area contributed by atoms with Gasteiger partial charge in [0.2, 0.25) is 0 Å². The molecule has 19 heavy (non-hydrogen) atoms. The first-order valence-electron chi connectivity index (χ1n) is 5.56. The van der Waals surface area contributed by atoms with Crippen LogP contribution in [-0.2, 0) is 12.6 Å². The highest BCUT2D eigenvalue weighted by molar-refractivity contribution is 6.30. The Morgan fingerprint density at radius 3 is 2.16 bits per heavy atom. The summed E-state index contributed by atoms with van der Waals surface area (Å²) in [6, 6.07) is 10.2. The first-order valence-corrected chi connectivity index (χ1v) is 5.94. The second-order valence-electron chi connectivity index (χ2n) is 4.21. The third-order valence-electron chi connectivity index (χ3n) is 2.78. The highest BCUT2D eigenvalue weighted by Crippen LogP contribution is 2.29. The molecule has 0 saturated heterocycles. The van der Waals surface area contributed by atoms with Crippen LogP contribution in [-0.4, -0.2) is 0 Å². The Balaban J connectivity index is 2.20. The van der Waals surface area contributed by atoms with Gasteiger partial charge >= 0.3 is 6.18 Å². The van der Waals surface area contributed by atoms with Crippen molar-refractivity contribution in [1.29, 1.82) is 0 Å². The van der Waals surface area contributed by atoms with Crippen molar-refractivity contribution in [3.8, 4) is 0 Å². The fourth-order valence-corrected chi connectivity index (χ4v) is 1.94. The van der Waals surface area contributed by atoms with Gasteiger partial charge in [-0.25, -0.2) is 0 Å². The molecule has 0 bridgehead atoms. The number of halogens is 4. The average molecular weight is 286 g/mol. The zero-order valence-corrected chi connectivity index (χ0v) is 10.6. The predicted octanol–water partition coefficient (Wildman–Crippen LogP) is 4.53. The van der Waals surface area contributed by atoms with Crippen molar-refractivity contribution < 1.29 is 13.2 Å². The lowest BCUT2D eigenvalue weighted by Gasteiger charge is -2.09. The molecular weight excluding hydrogens is 275 g/mol. The zero-order valence-electron chi connectivity index (χ0n) is 9.84. The number of hydrogen-bond acceptors (Lipinski definition) is 1. The van der Waals surface area contributed by atoms with E-state index in [0.29, 0.717) is 17.1 Å². The van der Waals surface area contributed by atoms with Crippen molar-refractivity contribution in [3.05, 3.63) is 64.2 Å². The van der Waals surface area contributed by atoms with E-state index < -0.39 is 11.7 Å². The molecule has 0 spiro atoms. The Morgan fingerprint density at radius 2 is 1.63 bits per heavy atom. The molecule has 2 rings (SSSR count). The second-order valence-corrected chi connectivity index (χ2v) is 4.65. The van der Waals surface area contributed by atoms with Crippen molar-refractivity contribution in [2.45, 2.75) is 12.6 Å². The van der Waals surface area contributed by atoms with Crippen LogP contribution in [0.15, 0.2) is 42.5 Å². The smallest absolute Gasteiger partial charge is 0.398 e. The predicted molar refractivity (Wildman–Crippen MR) is 70.1 cm³/mol. The minimum absolute atomic E-state index is 0.473. The number of alkyl halides is 3. The van der Waals surface area contributed by atoms with E-state index in [9.17, 15) is 13.2 Å². The third-order valence-corrected chi connectivity index (χ3v) is 3.02. The van der Waals surface area contributed by atoms with Gasteiger partial charge in [0, 0.05) is 10.7 Å². The van der Waals surface area contributed by atoms with Gasteiger partial charge in [0.05, 0.1) is 5.56 Å². The van der Waals surface area contributed by atoms with Gasteiger partial charge in [-0.3, -0.25) is 0 Å². The van der Waals surface area contributed by atoms with Gasteiger partial charge in [0.15, 0.2) is 0 Å². The average Bonchev–Trinajstić information content (AvgIpc) is 2.32. The normalized spacial score (nSPS) is 11.6. The molecule has 0 fully saturated rings. The van der Waals surface area contributed by atoms with Crippen LogP contribution in [0, 0.1) is 0 Å². The van der Waals surface area contributed by atoms with E-state index in [0.717, 1.165) is 23.3 Å². The molecule has 0 aromatic heterocycles. The van der Waals surface area contributed by atoms with Gasteiger partial charge in [0.1, 0.15) is 0 Å². The summed E-state index contributed by atoms with van der Waals surface area (Å²) in [7, 11) is 0. The van der Waals surface area contributed by atoms with E-state index in [1.54, 1.807) is 18.2 Å². The van der Waals surface area contributed by atoms with Crippen LogP contribution < -0.4 is 5.73 Å². The topological polar surface area (TPSA) is 26.0 Å². The first kappa shape index (κ1) is 13.7. The van der Waals surface area contributed by atoms with Crippen molar-refractivity contribution in [1.82, 2.24) is 0 Å². The summed E-state index contributed by atoms with van der Waals surface area (Å²) < 4.78 is 37.3. The molecule has 0 atom stereocenters. The van der Waals surface area contributed by atoms with E-state index in [-0.39, 0.29) is 0 Å². The number of rotatable bonds is 2. The van der Waals surface area contributed by atoms with Gasteiger partial charge in [-0.2, -0.15) is 13.2 Å². The van der Waals surface area contributed by atoms with Crippen LogP contribution in [0.3, 0.4) is 0 Å². The summed E-state index contributed by atoms with van der Waals surface area (Å²) in [5, 5.41) is 0.536. The first-order chi connectivity index (χ1) is 8.86. The van der Waals surface area contributed by atoms with Crippen LogP contribution in [0.2, 0.25) is 5.02 Å². The quantitative estimate of drug-likeness (QED) is 0.806. The Kier molecular flexibility index (Phi) is 3.71. The Morgan fingerprint density at radius 1 is 1.00 bits per heavy atom. The molecule has 0 aliphatic rings. The van der Waals surface area contributed by atoms with Crippen molar-refractivity contribution >= 4 is 17.3 Å². The minimum Gasteiger partial charge on any atom is -0.398 e. The van der Waals surface area contributed by atoms with Crippen LogP contribution in [0.1, 0.15) is 16.7 Å². The van der Waals surface area contributed by atoms with Gasteiger partial charge in [-0.15, -0.1) is 0 Å². The molecule has 0 aliphatic carbocycles. The summed E-state index contributed by atoms with van der Waals surface area (Å²) in [5.41, 5.74) is 7.29. The standard InChI is InChI=1S/C14H11ClF3N/c15-12-6-3-10(13(19)8-12)7-9-1-4-11(5-2-9)14(16,17)18/h1-6,8H,7,19H2. The monoisotopic (exact) mass is 285 g/mol. The van der Waals surface area contributed by atoms with Crippen molar-refractivity contribution in [3.63, 3.8) is 0 Å². The summed E-state index contributed by atoms with van der Waals surface area (Å²) in [6.45, 7) is 0. The number of anilines is 1. The number of nitrogens with two attached hydrogens (primary N) is 1. The van der Waals surface area contributed by atoms with E-state index in [1.807, 2.05) is 0 Å². The SMILES string of the molecule is Nc1cc(Cl)ccc1Cc1ccc(C(F)(F)F)cc1. The highest BCUT2D eigenvalue weighted by Gasteiger charge is 2.29. The molecule has 0 radical (unpaired) electrons. The maximum absolute atomic E-state index is 12.4. The summed E-state index contributed by atoms with van der Waals surface area (Å²) in [5.74, 6) is 0. The molecule has 2 aromatic rings. The highest BCUT2D eigenvalue weighted by atomic mass is 35.5. The van der Waals surface area contributed by atoms with Gasteiger partial charge in [-0.05, 0) is 41.8 Å². The van der Waals surface area contributed by atoms with Crippen LogP contribution in [0.5, 0.6) is 0 Å². The van der Waals surface area contributed by atoms with Crippen LogP contribution >= 0.6 is 11.6 Å².